The molecule has 0 atom stereocenters. The second kappa shape index (κ2) is 3.38. The van der Waals surface area contributed by atoms with Gasteiger partial charge in [-0.25, -0.2) is 0 Å². The zero-order valence-corrected chi connectivity index (χ0v) is 7.76. The second-order valence-electron chi connectivity index (χ2n) is 3.99. The highest BCUT2D eigenvalue weighted by molar-refractivity contribution is 5.81. The van der Waals surface area contributed by atoms with Crippen LogP contribution in [0.1, 0.15) is 40.0 Å². The van der Waals surface area contributed by atoms with E-state index in [0.29, 0.717) is 11.7 Å². The van der Waals surface area contributed by atoms with Crippen LogP contribution < -0.4 is 0 Å². The van der Waals surface area contributed by atoms with E-state index in [9.17, 15) is 4.79 Å². The number of ketones is 1. The summed E-state index contributed by atoms with van der Waals surface area (Å²) >= 11 is 0. The molecule has 1 fully saturated rings. The first-order chi connectivity index (χ1) is 5.15. The molecule has 0 heterocycles. The molecule has 0 radical (unpaired) electrons. The highest BCUT2D eigenvalue weighted by Gasteiger charge is 2.34. The average Bonchev–Trinajstić information content (AvgIpc) is 1.83. The molecule has 0 aromatic carbocycles. The molecule has 0 aromatic heterocycles. The van der Waals surface area contributed by atoms with Crippen molar-refractivity contribution in [2.24, 2.45) is 17.8 Å². The fourth-order valence-corrected chi connectivity index (χ4v) is 1.76. The average molecular weight is 154 g/mol. The van der Waals surface area contributed by atoms with Gasteiger partial charge in [-0.3, -0.25) is 4.79 Å². The van der Waals surface area contributed by atoms with E-state index >= 15 is 0 Å². The molecular formula is C10H18O. The van der Waals surface area contributed by atoms with E-state index in [1.54, 1.807) is 0 Å². The fourth-order valence-electron chi connectivity index (χ4n) is 1.76. The zero-order valence-electron chi connectivity index (χ0n) is 7.76. The van der Waals surface area contributed by atoms with E-state index in [0.717, 1.165) is 31.1 Å². The van der Waals surface area contributed by atoms with Crippen LogP contribution in [0.25, 0.3) is 0 Å². The Kier molecular flexibility index (Phi) is 2.69. The lowest BCUT2D eigenvalue weighted by Gasteiger charge is -2.36. The lowest BCUT2D eigenvalue weighted by Crippen LogP contribution is -2.32. The Hall–Kier alpha value is -0.330. The van der Waals surface area contributed by atoms with Crippen LogP contribution in [0.5, 0.6) is 0 Å². The van der Waals surface area contributed by atoms with E-state index in [4.69, 9.17) is 0 Å². The van der Waals surface area contributed by atoms with Gasteiger partial charge in [0.15, 0.2) is 0 Å². The van der Waals surface area contributed by atoms with Crippen LogP contribution >= 0.6 is 0 Å². The molecule has 1 rings (SSSR count). The minimum absolute atomic E-state index is 0.424. The monoisotopic (exact) mass is 154 g/mol. The number of hydrogen-bond donors (Lipinski definition) is 0. The van der Waals surface area contributed by atoms with Crippen molar-refractivity contribution in [3.8, 4) is 0 Å². The van der Waals surface area contributed by atoms with Crippen LogP contribution in [0.3, 0.4) is 0 Å². The zero-order chi connectivity index (χ0) is 8.43. The quantitative estimate of drug-likeness (QED) is 0.610. The molecule has 1 heteroatoms. The van der Waals surface area contributed by atoms with Crippen LogP contribution in [0.2, 0.25) is 0 Å². The third-order valence-electron chi connectivity index (χ3n) is 2.92. The van der Waals surface area contributed by atoms with Gasteiger partial charge in [-0.05, 0) is 24.7 Å². The summed E-state index contributed by atoms with van der Waals surface area (Å²) in [7, 11) is 0. The van der Waals surface area contributed by atoms with Crippen molar-refractivity contribution in [1.82, 2.24) is 0 Å². The molecule has 1 nitrogen and oxygen atoms in total. The molecule has 1 aliphatic carbocycles. The van der Waals surface area contributed by atoms with Gasteiger partial charge in [0, 0.05) is 12.3 Å². The van der Waals surface area contributed by atoms with Crippen LogP contribution in [-0.2, 0) is 4.79 Å². The van der Waals surface area contributed by atoms with Gasteiger partial charge in [-0.2, -0.15) is 0 Å². The van der Waals surface area contributed by atoms with Gasteiger partial charge in [0.05, 0.1) is 0 Å². The molecule has 64 valence electrons. The van der Waals surface area contributed by atoms with Gasteiger partial charge >= 0.3 is 0 Å². The van der Waals surface area contributed by atoms with Crippen LogP contribution in [0.15, 0.2) is 0 Å². The predicted octanol–water partition coefficient (Wildman–Crippen LogP) is 2.65. The van der Waals surface area contributed by atoms with Crippen molar-refractivity contribution < 1.29 is 4.79 Å². The van der Waals surface area contributed by atoms with Crippen molar-refractivity contribution in [1.29, 1.82) is 0 Å². The molecule has 0 amide bonds. The Balaban J connectivity index is 2.24. The van der Waals surface area contributed by atoms with Gasteiger partial charge < -0.3 is 0 Å². The summed E-state index contributed by atoms with van der Waals surface area (Å²) in [5, 5.41) is 0. The Bertz CT molecular complexity index is 143. The molecule has 0 aromatic rings. The summed E-state index contributed by atoms with van der Waals surface area (Å²) in [6.45, 7) is 6.46. The van der Waals surface area contributed by atoms with E-state index in [1.807, 2.05) is 6.92 Å². The van der Waals surface area contributed by atoms with Crippen LogP contribution in [-0.4, -0.2) is 5.78 Å². The Morgan fingerprint density at radius 2 is 2.00 bits per heavy atom. The maximum absolute atomic E-state index is 11.2. The van der Waals surface area contributed by atoms with Crippen LogP contribution in [0.4, 0.5) is 0 Å². The number of carbonyl (C=O) groups is 1. The lowest BCUT2D eigenvalue weighted by atomic mass is 9.67. The first kappa shape index (κ1) is 8.76. The topological polar surface area (TPSA) is 17.1 Å². The summed E-state index contributed by atoms with van der Waals surface area (Å²) < 4.78 is 0. The molecule has 0 N–H and O–H groups in total. The van der Waals surface area contributed by atoms with E-state index in [2.05, 4.69) is 13.8 Å². The van der Waals surface area contributed by atoms with Gasteiger partial charge in [0.2, 0.25) is 0 Å². The molecule has 0 unspecified atom stereocenters. The molecule has 0 saturated heterocycles. The molecule has 11 heavy (non-hydrogen) atoms. The number of rotatable bonds is 3. The van der Waals surface area contributed by atoms with Crippen molar-refractivity contribution in [3.05, 3.63) is 0 Å². The van der Waals surface area contributed by atoms with Gasteiger partial charge in [0.25, 0.3) is 0 Å². The Morgan fingerprint density at radius 1 is 1.45 bits per heavy atom. The lowest BCUT2D eigenvalue weighted by molar-refractivity contribution is -0.127. The number of carbonyl (C=O) groups excluding carboxylic acids is 1. The predicted molar refractivity (Wildman–Crippen MR) is 46.4 cm³/mol. The van der Waals surface area contributed by atoms with Crippen molar-refractivity contribution in [3.63, 3.8) is 0 Å². The summed E-state index contributed by atoms with van der Waals surface area (Å²) in [6, 6.07) is 0. The minimum atomic E-state index is 0.424. The molecule has 1 saturated carbocycles. The summed E-state index contributed by atoms with van der Waals surface area (Å²) in [4.78, 5) is 11.2. The highest BCUT2D eigenvalue weighted by atomic mass is 16.1. The molecule has 1 aliphatic rings. The Morgan fingerprint density at radius 3 is 2.36 bits per heavy atom. The summed E-state index contributed by atoms with van der Waals surface area (Å²) in [5.74, 6) is 2.50. The van der Waals surface area contributed by atoms with E-state index in [1.165, 1.54) is 0 Å². The van der Waals surface area contributed by atoms with Crippen LogP contribution in [0, 0.1) is 17.8 Å². The van der Waals surface area contributed by atoms with E-state index in [-0.39, 0.29) is 0 Å². The SMILES string of the molecule is CCC(=O)C1CC(C(C)C)C1. The molecule has 0 spiro atoms. The second-order valence-corrected chi connectivity index (χ2v) is 3.99. The molecule has 0 aliphatic heterocycles. The van der Waals surface area contributed by atoms with Crippen molar-refractivity contribution in [2.75, 3.05) is 0 Å². The van der Waals surface area contributed by atoms with Gasteiger partial charge in [0.1, 0.15) is 5.78 Å². The molecular weight excluding hydrogens is 136 g/mol. The van der Waals surface area contributed by atoms with Crippen molar-refractivity contribution in [2.45, 2.75) is 40.0 Å². The van der Waals surface area contributed by atoms with Gasteiger partial charge in [-0.1, -0.05) is 20.8 Å². The van der Waals surface area contributed by atoms with Gasteiger partial charge in [-0.15, -0.1) is 0 Å². The standard InChI is InChI=1S/C10H18O/c1-4-10(11)9-5-8(6-9)7(2)3/h7-9H,4-6H2,1-3H3. The number of Topliss-reactive ketones (excluding diaryl/α,β-unsaturated/α-hetero) is 1. The van der Waals surface area contributed by atoms with Crippen molar-refractivity contribution >= 4 is 5.78 Å². The summed E-state index contributed by atoms with van der Waals surface area (Å²) in [6.07, 6.45) is 3.05. The minimum Gasteiger partial charge on any atom is -0.299 e. The third-order valence-corrected chi connectivity index (χ3v) is 2.92. The normalized spacial score (nSPS) is 30.2. The maximum atomic E-state index is 11.2. The summed E-state index contributed by atoms with van der Waals surface area (Å²) in [5.41, 5.74) is 0. The smallest absolute Gasteiger partial charge is 0.135 e. The molecule has 0 bridgehead atoms. The number of hydrogen-bond acceptors (Lipinski definition) is 1. The highest BCUT2D eigenvalue weighted by Crippen LogP contribution is 2.39. The first-order valence-corrected chi connectivity index (χ1v) is 4.67. The largest absolute Gasteiger partial charge is 0.299 e. The van der Waals surface area contributed by atoms with E-state index < -0.39 is 0 Å². The first-order valence-electron chi connectivity index (χ1n) is 4.67. The third kappa shape index (κ3) is 1.82. The maximum Gasteiger partial charge on any atom is 0.135 e. The fraction of sp³-hybridized carbons (Fsp3) is 0.900. The Labute approximate surface area is 69.2 Å².